The second-order valence-electron chi connectivity index (χ2n) is 19.8. The summed E-state index contributed by atoms with van der Waals surface area (Å²) in [7, 11) is -4.39. The van der Waals surface area contributed by atoms with Crippen LogP contribution in [0, 0.1) is 0 Å². The molecule has 0 saturated heterocycles. The van der Waals surface area contributed by atoms with Crippen LogP contribution in [0.3, 0.4) is 0 Å². The van der Waals surface area contributed by atoms with E-state index in [2.05, 4.69) is 98.9 Å². The van der Waals surface area contributed by atoms with E-state index in [4.69, 9.17) is 24.3 Å². The number of rotatable bonds is 56. The van der Waals surface area contributed by atoms with Crippen molar-refractivity contribution in [2.75, 3.05) is 26.4 Å². The van der Waals surface area contributed by atoms with E-state index in [-0.39, 0.29) is 38.6 Å². The molecule has 3 N–H and O–H groups in total. The van der Waals surface area contributed by atoms with Gasteiger partial charge in [-0.2, -0.15) is 0 Å². The summed E-state index contributed by atoms with van der Waals surface area (Å²) >= 11 is 0. The molecule has 0 bridgehead atoms. The van der Waals surface area contributed by atoms with Crippen molar-refractivity contribution in [2.45, 2.75) is 277 Å². The molecule has 0 aliphatic rings. The van der Waals surface area contributed by atoms with E-state index in [1.54, 1.807) is 0 Å². The van der Waals surface area contributed by atoms with Crippen LogP contribution in [0.1, 0.15) is 271 Å². The summed E-state index contributed by atoms with van der Waals surface area (Å²) < 4.78 is 33.1. The molecule has 73 heavy (non-hydrogen) atoms. The summed E-state index contributed by atoms with van der Waals surface area (Å²) in [5.74, 6) is -0.828. The zero-order chi connectivity index (χ0) is 53.1. The Balaban J connectivity index is 3.97. The van der Waals surface area contributed by atoms with Gasteiger partial charge in [0.2, 0.25) is 0 Å². The van der Waals surface area contributed by atoms with Crippen LogP contribution >= 0.6 is 7.82 Å². The lowest BCUT2D eigenvalue weighted by Crippen LogP contribution is -2.29. The van der Waals surface area contributed by atoms with E-state index in [1.165, 1.54) is 154 Å². The highest BCUT2D eigenvalue weighted by Gasteiger charge is 2.26. The highest BCUT2D eigenvalue weighted by Crippen LogP contribution is 2.43. The Labute approximate surface area is 449 Å². The molecule has 0 aromatic heterocycles. The molecule has 422 valence electrons. The van der Waals surface area contributed by atoms with Crippen LogP contribution in [0.2, 0.25) is 0 Å². The molecule has 0 aliphatic carbocycles. The van der Waals surface area contributed by atoms with Crippen molar-refractivity contribution in [3.8, 4) is 0 Å². The molecule has 2 unspecified atom stereocenters. The first-order chi connectivity index (χ1) is 35.8. The smallest absolute Gasteiger partial charge is 0.462 e. The standard InChI is InChI=1S/C63H112NO8P/c1-3-5-7-9-11-13-15-17-19-21-23-25-27-29-30-32-34-36-38-40-42-44-46-48-50-52-54-56-63(66)72-61(60-71-73(67,68)70-58-57-64)59-69-62(65)55-53-51-49-47-45-43-41-39-37-35-33-31-28-26-24-22-20-18-16-14-12-10-8-6-4-2/h5,7,11,13,16-19,22-25,29-30,61H,3-4,6,8-10,12,14-15,20-21,26-28,31-60,64H2,1-2H3,(H,67,68)/b7-5-,13-11-,18-16-,19-17-,24-22-,25-23-,30-29-. The van der Waals surface area contributed by atoms with E-state index in [1.807, 2.05) is 0 Å². The Morgan fingerprint density at radius 2 is 0.753 bits per heavy atom. The van der Waals surface area contributed by atoms with Crippen LogP contribution in [0.15, 0.2) is 85.1 Å². The van der Waals surface area contributed by atoms with Crippen LogP contribution < -0.4 is 5.73 Å². The van der Waals surface area contributed by atoms with Gasteiger partial charge in [-0.25, -0.2) is 4.57 Å². The fourth-order valence-electron chi connectivity index (χ4n) is 8.34. The fraction of sp³-hybridized carbons (Fsp3) is 0.746. The first kappa shape index (κ1) is 70.2. The summed E-state index contributed by atoms with van der Waals surface area (Å²) in [6.07, 6.45) is 76.4. The van der Waals surface area contributed by atoms with Gasteiger partial charge in [0, 0.05) is 19.4 Å². The van der Waals surface area contributed by atoms with E-state index >= 15 is 0 Å². The van der Waals surface area contributed by atoms with Crippen molar-refractivity contribution in [3.05, 3.63) is 85.1 Å². The van der Waals surface area contributed by atoms with Crippen LogP contribution in [0.5, 0.6) is 0 Å². The average Bonchev–Trinajstić information content (AvgIpc) is 3.38. The van der Waals surface area contributed by atoms with E-state index in [0.717, 1.165) is 83.5 Å². The SMILES string of the molecule is CC/C=C\C/C=C\C/C=C\C/C=C\C/C=C\CCCCCCCCCCCCCC(=O)OC(COC(=O)CCCCCCCCCCCCCCC/C=C\C/C=C\CCCCCCC)COP(=O)(O)OCCN. The average molecular weight is 1040 g/mol. The molecule has 0 saturated carbocycles. The zero-order valence-corrected chi connectivity index (χ0v) is 48.0. The third-order valence-corrected chi connectivity index (χ3v) is 13.7. The molecule has 10 heteroatoms. The molecule has 0 aliphatic heterocycles. The quantitative estimate of drug-likeness (QED) is 0.0264. The van der Waals surface area contributed by atoms with Crippen molar-refractivity contribution in [3.63, 3.8) is 0 Å². The molecule has 0 amide bonds. The van der Waals surface area contributed by atoms with Crippen LogP contribution in [-0.4, -0.2) is 49.3 Å². The van der Waals surface area contributed by atoms with Crippen molar-refractivity contribution >= 4 is 19.8 Å². The van der Waals surface area contributed by atoms with Gasteiger partial charge in [-0.1, -0.05) is 253 Å². The molecule has 0 rings (SSSR count). The highest BCUT2D eigenvalue weighted by molar-refractivity contribution is 7.47. The summed E-state index contributed by atoms with van der Waals surface area (Å²) in [5.41, 5.74) is 5.39. The number of hydrogen-bond donors (Lipinski definition) is 2. The predicted octanol–water partition coefficient (Wildman–Crippen LogP) is 19.1. The second kappa shape index (κ2) is 58.5. The normalized spacial score (nSPS) is 13.6. The van der Waals surface area contributed by atoms with Gasteiger partial charge in [-0.05, 0) is 89.9 Å². The maximum Gasteiger partial charge on any atom is 0.472 e. The molecule has 9 nitrogen and oxygen atoms in total. The summed E-state index contributed by atoms with van der Waals surface area (Å²) in [6, 6.07) is 0. The van der Waals surface area contributed by atoms with Gasteiger partial charge in [0.25, 0.3) is 0 Å². The topological polar surface area (TPSA) is 134 Å². The van der Waals surface area contributed by atoms with Crippen LogP contribution in [-0.2, 0) is 32.7 Å². The summed E-state index contributed by atoms with van der Waals surface area (Å²) in [5, 5.41) is 0. The van der Waals surface area contributed by atoms with Gasteiger partial charge < -0.3 is 20.1 Å². The lowest BCUT2D eigenvalue weighted by atomic mass is 10.0. The van der Waals surface area contributed by atoms with E-state index < -0.39 is 26.5 Å². The number of ether oxygens (including phenoxy) is 2. The zero-order valence-electron chi connectivity index (χ0n) is 47.1. The van der Waals surface area contributed by atoms with E-state index in [9.17, 15) is 19.0 Å². The first-order valence-corrected chi connectivity index (χ1v) is 31.6. The molecule has 2 atom stereocenters. The third kappa shape index (κ3) is 58.3. The molecular weight excluding hydrogens is 930 g/mol. The number of phosphoric acid groups is 1. The van der Waals surface area contributed by atoms with Gasteiger partial charge in [0.1, 0.15) is 6.61 Å². The number of phosphoric ester groups is 1. The maximum atomic E-state index is 12.7. The number of nitrogens with two attached hydrogens (primary N) is 1. The number of unbranched alkanes of at least 4 members (excludes halogenated alkanes) is 29. The van der Waals surface area contributed by atoms with Gasteiger partial charge in [-0.15, -0.1) is 0 Å². The van der Waals surface area contributed by atoms with Crippen molar-refractivity contribution < 1.29 is 37.6 Å². The molecule has 0 spiro atoms. The first-order valence-electron chi connectivity index (χ1n) is 30.1. The van der Waals surface area contributed by atoms with Gasteiger partial charge in [-0.3, -0.25) is 18.6 Å². The third-order valence-electron chi connectivity index (χ3n) is 12.8. The molecule has 0 aromatic carbocycles. The minimum Gasteiger partial charge on any atom is -0.462 e. The summed E-state index contributed by atoms with van der Waals surface area (Å²) in [6.45, 7) is 3.64. The molecular formula is C63H112NO8P. The predicted molar refractivity (Wildman–Crippen MR) is 312 cm³/mol. The minimum absolute atomic E-state index is 0.0500. The van der Waals surface area contributed by atoms with Gasteiger partial charge in [0.15, 0.2) is 6.10 Å². The summed E-state index contributed by atoms with van der Waals surface area (Å²) in [4.78, 5) is 35.2. The van der Waals surface area contributed by atoms with Crippen LogP contribution in [0.4, 0.5) is 0 Å². The lowest BCUT2D eigenvalue weighted by molar-refractivity contribution is -0.161. The number of esters is 2. The number of hydrogen-bond acceptors (Lipinski definition) is 8. The molecule has 0 aromatic rings. The number of allylic oxidation sites excluding steroid dienone is 14. The Morgan fingerprint density at radius 1 is 0.425 bits per heavy atom. The van der Waals surface area contributed by atoms with Crippen molar-refractivity contribution in [1.82, 2.24) is 0 Å². The minimum atomic E-state index is -4.39. The largest absolute Gasteiger partial charge is 0.472 e. The Morgan fingerprint density at radius 3 is 1.12 bits per heavy atom. The van der Waals surface area contributed by atoms with Gasteiger partial charge in [0.05, 0.1) is 13.2 Å². The van der Waals surface area contributed by atoms with Crippen LogP contribution in [0.25, 0.3) is 0 Å². The van der Waals surface area contributed by atoms with Crippen molar-refractivity contribution in [2.24, 2.45) is 5.73 Å². The lowest BCUT2D eigenvalue weighted by Gasteiger charge is -2.19. The van der Waals surface area contributed by atoms with Crippen molar-refractivity contribution in [1.29, 1.82) is 0 Å². The highest BCUT2D eigenvalue weighted by atomic mass is 31.2. The molecule has 0 heterocycles. The number of carbonyl (C=O) groups excluding carboxylic acids is 2. The van der Waals surface area contributed by atoms with E-state index in [0.29, 0.717) is 6.42 Å². The second-order valence-corrected chi connectivity index (χ2v) is 21.3. The number of carbonyl (C=O) groups is 2. The maximum absolute atomic E-state index is 12.7. The van der Waals surface area contributed by atoms with Gasteiger partial charge >= 0.3 is 19.8 Å². The monoisotopic (exact) mass is 1040 g/mol. The molecule has 0 radical (unpaired) electrons. The Kier molecular flexibility index (Phi) is 56.2. The Hall–Kier alpha value is -2.81. The fourth-order valence-corrected chi connectivity index (χ4v) is 9.11. The molecule has 0 fully saturated rings. The Bertz CT molecular complexity index is 1470.